The first kappa shape index (κ1) is 24.5. The fraction of sp³-hybridized carbons (Fsp3) is 0.458. The van der Waals surface area contributed by atoms with Crippen molar-refractivity contribution in [3.63, 3.8) is 0 Å². The lowest BCUT2D eigenvalue weighted by molar-refractivity contribution is 0.00510. The van der Waals surface area contributed by atoms with Crippen LogP contribution in [0.15, 0.2) is 60.7 Å². The van der Waals surface area contributed by atoms with Crippen LogP contribution in [0.25, 0.3) is 0 Å². The molecule has 1 aliphatic rings. The second-order valence-corrected chi connectivity index (χ2v) is 10.4. The molecule has 1 fully saturated rings. The number of ether oxygens (including phenoxy) is 1. The van der Waals surface area contributed by atoms with Crippen molar-refractivity contribution in [2.45, 2.75) is 58.5 Å². The number of amides is 1. The van der Waals surface area contributed by atoms with Crippen LogP contribution in [0.1, 0.15) is 44.7 Å². The van der Waals surface area contributed by atoms with Crippen LogP contribution < -0.4 is 0 Å². The maximum Gasteiger partial charge on any atom is 0.475 e. The van der Waals surface area contributed by atoms with E-state index in [4.69, 9.17) is 18.3 Å². The average Bonchev–Trinajstić information content (AvgIpc) is 2.77. The summed E-state index contributed by atoms with van der Waals surface area (Å²) in [6, 6.07) is 18.9. The van der Waals surface area contributed by atoms with Crippen LogP contribution in [0.5, 0.6) is 0 Å². The maximum atomic E-state index is 13.5. The highest BCUT2D eigenvalue weighted by Gasteiger charge is 2.34. The molecule has 0 saturated carbocycles. The van der Waals surface area contributed by atoms with Crippen LogP contribution in [0.4, 0.5) is 4.79 Å². The molecule has 0 N–H and O–H groups in total. The van der Waals surface area contributed by atoms with Gasteiger partial charge in [-0.15, -0.1) is 0 Å². The van der Waals surface area contributed by atoms with E-state index in [2.05, 4.69) is 0 Å². The number of piperidine rings is 1. The van der Waals surface area contributed by atoms with Gasteiger partial charge in [-0.2, -0.15) is 0 Å². The van der Waals surface area contributed by atoms with Gasteiger partial charge in [-0.05, 0) is 44.7 Å². The Balaban J connectivity index is 1.59. The van der Waals surface area contributed by atoms with E-state index in [9.17, 15) is 9.36 Å². The van der Waals surface area contributed by atoms with E-state index < -0.39 is 13.4 Å². The predicted octanol–water partition coefficient (Wildman–Crippen LogP) is 5.94. The van der Waals surface area contributed by atoms with Crippen molar-refractivity contribution in [1.29, 1.82) is 0 Å². The van der Waals surface area contributed by atoms with Gasteiger partial charge in [0.15, 0.2) is 0 Å². The van der Waals surface area contributed by atoms with Gasteiger partial charge < -0.3 is 9.64 Å². The van der Waals surface area contributed by atoms with E-state index >= 15 is 0 Å². The number of rotatable bonds is 8. The van der Waals surface area contributed by atoms with Crippen LogP contribution in [0, 0.1) is 0 Å². The van der Waals surface area contributed by atoms with Gasteiger partial charge in [-0.1, -0.05) is 60.7 Å². The highest BCUT2D eigenvalue weighted by molar-refractivity contribution is 7.48. The Kier molecular flexibility index (Phi) is 8.49. The molecular weight excluding hydrogens is 429 g/mol. The Bertz CT molecular complexity index is 844. The Hall–Kier alpha value is -2.18. The summed E-state index contributed by atoms with van der Waals surface area (Å²) in [5.74, 6) is 0. The Morgan fingerprint density at radius 3 is 1.81 bits per heavy atom. The number of likely N-dealkylation sites (tertiary alicyclic amines) is 1. The van der Waals surface area contributed by atoms with E-state index in [1.165, 1.54) is 0 Å². The van der Waals surface area contributed by atoms with Gasteiger partial charge in [0.25, 0.3) is 0 Å². The summed E-state index contributed by atoms with van der Waals surface area (Å²) >= 11 is 0. The first-order valence-corrected chi connectivity index (χ1v) is 12.3. The van der Waals surface area contributed by atoms with Crippen LogP contribution in [-0.4, -0.2) is 35.8 Å². The van der Waals surface area contributed by atoms with Gasteiger partial charge in [0.1, 0.15) is 5.60 Å². The van der Waals surface area contributed by atoms with E-state index in [0.29, 0.717) is 25.9 Å². The molecule has 1 heterocycles. The Morgan fingerprint density at radius 1 is 0.906 bits per heavy atom. The van der Waals surface area contributed by atoms with Crippen LogP contribution >= 0.6 is 7.82 Å². The normalized spacial score (nSPS) is 15.5. The molecule has 0 atom stereocenters. The van der Waals surface area contributed by atoms with Crippen molar-refractivity contribution in [1.82, 2.24) is 4.90 Å². The smallest absolute Gasteiger partial charge is 0.444 e. The first-order chi connectivity index (χ1) is 15.2. The highest BCUT2D eigenvalue weighted by atomic mass is 31.2. The molecule has 174 valence electrons. The monoisotopic (exact) mass is 461 g/mol. The van der Waals surface area contributed by atoms with Crippen LogP contribution in [0.3, 0.4) is 0 Å². The van der Waals surface area contributed by atoms with E-state index in [1.807, 2.05) is 81.4 Å². The molecule has 0 aliphatic carbocycles. The number of phosphoric ester groups is 1. The second kappa shape index (κ2) is 11.1. The number of nitrogens with zero attached hydrogens (tertiary/aromatic N) is 1. The second-order valence-electron chi connectivity index (χ2n) is 8.74. The fourth-order valence-electron chi connectivity index (χ4n) is 3.21. The van der Waals surface area contributed by atoms with Gasteiger partial charge in [0, 0.05) is 13.1 Å². The summed E-state index contributed by atoms with van der Waals surface area (Å²) in [7, 11) is -3.83. The van der Waals surface area contributed by atoms with Gasteiger partial charge >= 0.3 is 13.9 Å². The minimum atomic E-state index is -3.83. The summed E-state index contributed by atoms with van der Waals surface area (Å²) in [4.78, 5) is 13.9. The number of hydrogen-bond acceptors (Lipinski definition) is 6. The third-order valence-electron chi connectivity index (χ3n) is 4.84. The van der Waals surface area contributed by atoms with E-state index in [-0.39, 0.29) is 25.4 Å². The van der Waals surface area contributed by atoms with Crippen molar-refractivity contribution in [2.75, 3.05) is 13.1 Å². The molecule has 32 heavy (non-hydrogen) atoms. The molecule has 8 heteroatoms. The highest BCUT2D eigenvalue weighted by Crippen LogP contribution is 2.53. The predicted molar refractivity (Wildman–Crippen MR) is 122 cm³/mol. The lowest BCUT2D eigenvalue weighted by atomic mass is 10.1. The average molecular weight is 461 g/mol. The molecule has 3 rings (SSSR count). The molecule has 1 saturated heterocycles. The minimum absolute atomic E-state index is 0.115. The quantitative estimate of drug-likeness (QED) is 0.453. The van der Waals surface area contributed by atoms with E-state index in [0.717, 1.165) is 11.1 Å². The third-order valence-corrected chi connectivity index (χ3v) is 6.28. The van der Waals surface area contributed by atoms with Gasteiger partial charge in [0.2, 0.25) is 0 Å². The number of benzene rings is 2. The SMILES string of the molecule is CC(C)(C)OC(=O)N1CCC(OP(=O)(OCc2ccccc2)OCc2ccccc2)CC1. The van der Waals surface area contributed by atoms with Gasteiger partial charge in [0.05, 0.1) is 19.3 Å². The van der Waals surface area contributed by atoms with Crippen molar-refractivity contribution in [3.8, 4) is 0 Å². The molecule has 0 radical (unpaired) electrons. The molecule has 0 spiro atoms. The molecule has 1 amide bonds. The van der Waals surface area contributed by atoms with Crippen molar-refractivity contribution in [2.24, 2.45) is 0 Å². The molecular formula is C24H32NO6P. The molecule has 2 aromatic carbocycles. The largest absolute Gasteiger partial charge is 0.475 e. The molecule has 0 aromatic heterocycles. The summed E-state index contributed by atoms with van der Waals surface area (Å²) in [5, 5.41) is 0. The van der Waals surface area contributed by atoms with Crippen molar-refractivity contribution < 1.29 is 27.7 Å². The first-order valence-electron chi connectivity index (χ1n) is 10.9. The van der Waals surface area contributed by atoms with Gasteiger partial charge in [-0.3, -0.25) is 13.6 Å². The van der Waals surface area contributed by atoms with Crippen molar-refractivity contribution >= 4 is 13.9 Å². The lowest BCUT2D eigenvalue weighted by Gasteiger charge is -2.34. The minimum Gasteiger partial charge on any atom is -0.444 e. The van der Waals surface area contributed by atoms with Crippen LogP contribution in [0.2, 0.25) is 0 Å². The zero-order valence-corrected chi connectivity index (χ0v) is 19.8. The summed E-state index contributed by atoms with van der Waals surface area (Å²) in [6.07, 6.45) is 0.352. The number of hydrogen-bond donors (Lipinski definition) is 0. The zero-order valence-electron chi connectivity index (χ0n) is 18.9. The fourth-order valence-corrected chi connectivity index (χ4v) is 4.59. The summed E-state index contributed by atoms with van der Waals surface area (Å²) in [6.45, 7) is 6.66. The summed E-state index contributed by atoms with van der Waals surface area (Å²) < 4.78 is 36.1. The summed E-state index contributed by atoms with van der Waals surface area (Å²) in [5.41, 5.74) is 1.20. The number of carbonyl (C=O) groups is 1. The maximum absolute atomic E-state index is 13.5. The topological polar surface area (TPSA) is 74.3 Å². The van der Waals surface area contributed by atoms with E-state index in [1.54, 1.807) is 4.90 Å². The number of carbonyl (C=O) groups excluding carboxylic acids is 1. The molecule has 2 aromatic rings. The number of phosphoric acid groups is 1. The van der Waals surface area contributed by atoms with Crippen molar-refractivity contribution in [3.05, 3.63) is 71.8 Å². The lowest BCUT2D eigenvalue weighted by Crippen LogP contribution is -2.43. The van der Waals surface area contributed by atoms with Gasteiger partial charge in [-0.25, -0.2) is 9.36 Å². The van der Waals surface area contributed by atoms with Crippen LogP contribution in [-0.2, 0) is 36.1 Å². The third kappa shape index (κ3) is 8.06. The molecule has 0 bridgehead atoms. The molecule has 1 aliphatic heterocycles. The molecule has 7 nitrogen and oxygen atoms in total. The zero-order chi connectivity index (χ0) is 23.0. The Morgan fingerprint density at radius 2 is 1.38 bits per heavy atom. The standard InChI is InChI=1S/C24H32NO6P/c1-24(2,3)30-23(26)25-16-14-22(15-17-25)31-32(27,28-18-20-10-6-4-7-11-20)29-19-21-12-8-5-9-13-21/h4-13,22H,14-19H2,1-3H3. The Labute approximate surface area is 190 Å². The molecule has 0 unspecified atom stereocenters.